The highest BCUT2D eigenvalue weighted by molar-refractivity contribution is 5.89. The minimum atomic E-state index is -0.554. The molecule has 0 unspecified atom stereocenters. The van der Waals surface area contributed by atoms with Crippen molar-refractivity contribution in [3.8, 4) is 11.8 Å². The summed E-state index contributed by atoms with van der Waals surface area (Å²) in [6.45, 7) is 2.33. The number of nitrogens with zero attached hydrogens (tertiary/aromatic N) is 1. The molecule has 0 bridgehead atoms. The lowest BCUT2D eigenvalue weighted by Crippen LogP contribution is -2.14. The number of nitrogens with two attached hydrogens (primary N) is 1. The van der Waals surface area contributed by atoms with E-state index < -0.39 is 6.09 Å². The van der Waals surface area contributed by atoms with E-state index in [2.05, 4.69) is 11.4 Å². The van der Waals surface area contributed by atoms with Gasteiger partial charge >= 0.3 is 6.09 Å². The smallest absolute Gasteiger partial charge is 0.411 e. The number of nitrogen functional groups attached to an aromatic ring is 1. The largest absolute Gasteiger partial charge is 0.489 e. The lowest BCUT2D eigenvalue weighted by atomic mass is 10.1. The van der Waals surface area contributed by atoms with E-state index in [4.69, 9.17) is 20.5 Å². The molecule has 6 heteroatoms. The summed E-state index contributed by atoms with van der Waals surface area (Å²) >= 11 is 0. The van der Waals surface area contributed by atoms with E-state index in [-0.39, 0.29) is 6.61 Å². The fourth-order valence-electron chi connectivity index (χ4n) is 1.92. The summed E-state index contributed by atoms with van der Waals surface area (Å²) in [6.07, 6.45) is -0.554. The van der Waals surface area contributed by atoms with Crippen LogP contribution in [0.5, 0.6) is 5.75 Å². The second kappa shape index (κ2) is 7.71. The van der Waals surface area contributed by atoms with Gasteiger partial charge in [0.1, 0.15) is 12.4 Å². The van der Waals surface area contributed by atoms with Crippen molar-refractivity contribution < 1.29 is 14.3 Å². The second-order valence-electron chi connectivity index (χ2n) is 4.70. The fourth-order valence-corrected chi connectivity index (χ4v) is 1.92. The van der Waals surface area contributed by atoms with Crippen LogP contribution in [0.2, 0.25) is 0 Å². The van der Waals surface area contributed by atoms with Gasteiger partial charge in [0.2, 0.25) is 0 Å². The van der Waals surface area contributed by atoms with Crippen LogP contribution in [0.3, 0.4) is 0 Å². The second-order valence-corrected chi connectivity index (χ2v) is 4.70. The first-order chi connectivity index (χ1) is 11.1. The topological polar surface area (TPSA) is 97.4 Å². The molecule has 2 rings (SSSR count). The van der Waals surface area contributed by atoms with Gasteiger partial charge in [-0.2, -0.15) is 5.26 Å². The quantitative estimate of drug-likeness (QED) is 0.826. The molecule has 0 spiro atoms. The molecule has 0 aromatic heterocycles. The summed E-state index contributed by atoms with van der Waals surface area (Å²) < 4.78 is 10.4. The van der Waals surface area contributed by atoms with Crippen LogP contribution in [-0.2, 0) is 11.3 Å². The lowest BCUT2D eigenvalue weighted by molar-refractivity contribution is 0.168. The van der Waals surface area contributed by atoms with Gasteiger partial charge in [0.05, 0.1) is 29.6 Å². The number of ether oxygens (including phenoxy) is 2. The molecular formula is C17H17N3O3. The normalized spacial score (nSPS) is 9.74. The zero-order valence-corrected chi connectivity index (χ0v) is 12.7. The van der Waals surface area contributed by atoms with Gasteiger partial charge in [-0.25, -0.2) is 4.79 Å². The number of hydrogen-bond donors (Lipinski definition) is 2. The van der Waals surface area contributed by atoms with Crippen molar-refractivity contribution in [2.75, 3.05) is 17.7 Å². The van der Waals surface area contributed by atoms with Gasteiger partial charge in [0, 0.05) is 6.07 Å². The van der Waals surface area contributed by atoms with Gasteiger partial charge < -0.3 is 15.2 Å². The van der Waals surface area contributed by atoms with E-state index >= 15 is 0 Å². The van der Waals surface area contributed by atoms with E-state index in [0.717, 1.165) is 5.56 Å². The maximum Gasteiger partial charge on any atom is 0.411 e. The van der Waals surface area contributed by atoms with Crippen molar-refractivity contribution >= 4 is 17.5 Å². The summed E-state index contributed by atoms with van der Waals surface area (Å²) in [5, 5.41) is 11.4. The standard InChI is InChI=1S/C17H17N3O3/c1-2-22-17(21)20-16-7-6-14(9-15(16)19)23-11-13-5-3-4-12(8-13)10-18/h3-9H,2,11,19H2,1H3,(H,20,21). The molecule has 23 heavy (non-hydrogen) atoms. The number of carbonyl (C=O) groups excluding carboxylic acids is 1. The molecule has 0 aliphatic heterocycles. The number of nitrogens with one attached hydrogen (secondary N) is 1. The number of nitriles is 1. The Morgan fingerprint density at radius 3 is 2.83 bits per heavy atom. The van der Waals surface area contributed by atoms with Crippen molar-refractivity contribution in [3.63, 3.8) is 0 Å². The Morgan fingerprint density at radius 2 is 2.13 bits per heavy atom. The van der Waals surface area contributed by atoms with E-state index in [1.165, 1.54) is 0 Å². The van der Waals surface area contributed by atoms with Gasteiger partial charge in [0.25, 0.3) is 0 Å². The zero-order chi connectivity index (χ0) is 16.7. The minimum Gasteiger partial charge on any atom is -0.489 e. The predicted octanol–water partition coefficient (Wildman–Crippen LogP) is 3.29. The monoisotopic (exact) mass is 311 g/mol. The first kappa shape index (κ1) is 16.2. The molecule has 0 aliphatic rings. The molecule has 0 atom stereocenters. The molecule has 3 N–H and O–H groups in total. The van der Waals surface area contributed by atoms with Crippen LogP contribution in [0.1, 0.15) is 18.1 Å². The molecular weight excluding hydrogens is 294 g/mol. The summed E-state index contributed by atoms with van der Waals surface area (Å²) in [4.78, 5) is 11.4. The molecule has 6 nitrogen and oxygen atoms in total. The van der Waals surface area contributed by atoms with E-state index in [1.54, 1.807) is 43.3 Å². The maximum atomic E-state index is 11.4. The number of hydrogen-bond acceptors (Lipinski definition) is 5. The maximum absolute atomic E-state index is 11.4. The first-order valence-corrected chi connectivity index (χ1v) is 7.07. The molecule has 0 saturated heterocycles. The van der Waals surface area contributed by atoms with Crippen molar-refractivity contribution in [3.05, 3.63) is 53.6 Å². The zero-order valence-electron chi connectivity index (χ0n) is 12.7. The van der Waals surface area contributed by atoms with Crippen LogP contribution in [0.15, 0.2) is 42.5 Å². The summed E-state index contributed by atoms with van der Waals surface area (Å²) in [7, 11) is 0. The van der Waals surface area contributed by atoms with Crippen molar-refractivity contribution in [1.82, 2.24) is 0 Å². The van der Waals surface area contributed by atoms with E-state index in [0.29, 0.717) is 29.3 Å². The third kappa shape index (κ3) is 4.64. The fraction of sp³-hybridized carbons (Fsp3) is 0.176. The predicted molar refractivity (Wildman–Crippen MR) is 87.0 cm³/mol. The number of carbonyl (C=O) groups is 1. The third-order valence-electron chi connectivity index (χ3n) is 3.00. The molecule has 2 aromatic rings. The molecule has 2 aromatic carbocycles. The Balaban J connectivity index is 2.00. The van der Waals surface area contributed by atoms with Gasteiger partial charge in [-0.15, -0.1) is 0 Å². The highest BCUT2D eigenvalue weighted by Crippen LogP contribution is 2.25. The van der Waals surface area contributed by atoms with Crippen LogP contribution in [0.25, 0.3) is 0 Å². The van der Waals surface area contributed by atoms with E-state index in [9.17, 15) is 4.79 Å². The number of amides is 1. The van der Waals surface area contributed by atoms with Gasteiger partial charge in [-0.1, -0.05) is 12.1 Å². The minimum absolute atomic E-state index is 0.286. The summed E-state index contributed by atoms with van der Waals surface area (Å²) in [5.41, 5.74) is 8.19. The molecule has 1 amide bonds. The molecule has 0 aliphatic carbocycles. The molecule has 118 valence electrons. The SMILES string of the molecule is CCOC(=O)Nc1ccc(OCc2cccc(C#N)c2)cc1N. The highest BCUT2D eigenvalue weighted by atomic mass is 16.5. The Morgan fingerprint density at radius 1 is 1.30 bits per heavy atom. The first-order valence-electron chi connectivity index (χ1n) is 7.07. The van der Waals surface area contributed by atoms with Gasteiger partial charge in [0.15, 0.2) is 0 Å². The third-order valence-corrected chi connectivity index (χ3v) is 3.00. The average Bonchev–Trinajstić information content (AvgIpc) is 2.55. The van der Waals surface area contributed by atoms with Crippen LogP contribution >= 0.6 is 0 Å². The van der Waals surface area contributed by atoms with Gasteiger partial charge in [-0.3, -0.25) is 5.32 Å². The Bertz CT molecular complexity index is 738. The van der Waals surface area contributed by atoms with E-state index in [1.807, 2.05) is 6.07 Å². The van der Waals surface area contributed by atoms with Crippen LogP contribution in [0, 0.1) is 11.3 Å². The van der Waals surface area contributed by atoms with Crippen LogP contribution in [0.4, 0.5) is 16.2 Å². The highest BCUT2D eigenvalue weighted by Gasteiger charge is 2.07. The van der Waals surface area contributed by atoms with Gasteiger partial charge in [-0.05, 0) is 36.8 Å². The Hall–Kier alpha value is -3.20. The number of anilines is 2. The molecule has 0 radical (unpaired) electrons. The summed E-state index contributed by atoms with van der Waals surface area (Å²) in [5.74, 6) is 0.569. The van der Waals surface area contributed by atoms with Crippen LogP contribution in [-0.4, -0.2) is 12.7 Å². The molecule has 0 fully saturated rings. The molecule has 0 heterocycles. The van der Waals surface area contributed by atoms with Crippen molar-refractivity contribution in [2.45, 2.75) is 13.5 Å². The molecule has 0 saturated carbocycles. The lowest BCUT2D eigenvalue weighted by Gasteiger charge is -2.11. The average molecular weight is 311 g/mol. The number of benzene rings is 2. The number of rotatable bonds is 5. The van der Waals surface area contributed by atoms with Crippen molar-refractivity contribution in [2.24, 2.45) is 0 Å². The van der Waals surface area contributed by atoms with Crippen molar-refractivity contribution in [1.29, 1.82) is 5.26 Å². The Labute approximate surface area is 134 Å². The summed E-state index contributed by atoms with van der Waals surface area (Å²) in [6, 6.07) is 14.2. The van der Waals surface area contributed by atoms with Crippen LogP contribution < -0.4 is 15.8 Å². The Kier molecular flexibility index (Phi) is 5.42.